The van der Waals surface area contributed by atoms with Crippen LogP contribution in [-0.2, 0) is 11.0 Å². The summed E-state index contributed by atoms with van der Waals surface area (Å²) in [6, 6.07) is 4.84. The minimum absolute atomic E-state index is 0.0798. The van der Waals surface area contributed by atoms with E-state index in [0.29, 0.717) is 0 Å². The monoisotopic (exact) mass is 390 g/mol. The third-order valence-corrected chi connectivity index (χ3v) is 5.17. The van der Waals surface area contributed by atoms with Crippen LogP contribution in [0.3, 0.4) is 0 Å². The lowest BCUT2D eigenvalue weighted by Gasteiger charge is -2.26. The Hall–Kier alpha value is -1.80. The third kappa shape index (κ3) is 3.32. The third-order valence-electron chi connectivity index (χ3n) is 3.70. The zero-order chi connectivity index (χ0) is 18.4. The highest BCUT2D eigenvalue weighted by Crippen LogP contribution is 2.47. The van der Waals surface area contributed by atoms with Gasteiger partial charge in [0.15, 0.2) is 0 Å². The average Bonchev–Trinajstić information content (AvgIpc) is 2.90. The van der Waals surface area contributed by atoms with Crippen molar-refractivity contribution in [2.24, 2.45) is 0 Å². The van der Waals surface area contributed by atoms with E-state index in [1.807, 2.05) is 0 Å². The summed E-state index contributed by atoms with van der Waals surface area (Å²) < 4.78 is 54.6. The van der Waals surface area contributed by atoms with Crippen molar-refractivity contribution < 1.29 is 22.4 Å². The SMILES string of the molecule is Cc1ccnc(N2C(=O)CSC2c2c(C(F)(F)F)ccc(Cl)c2F)c1. The van der Waals surface area contributed by atoms with E-state index in [9.17, 15) is 22.4 Å². The molecule has 0 bridgehead atoms. The fraction of sp³-hybridized carbons (Fsp3) is 0.250. The largest absolute Gasteiger partial charge is 0.416 e. The molecule has 0 saturated carbocycles. The number of hydrogen-bond donors (Lipinski definition) is 0. The highest BCUT2D eigenvalue weighted by Gasteiger charge is 2.43. The number of amides is 1. The van der Waals surface area contributed by atoms with Crippen molar-refractivity contribution in [1.29, 1.82) is 0 Å². The Bertz CT molecular complexity index is 843. The number of rotatable bonds is 2. The summed E-state index contributed by atoms with van der Waals surface area (Å²) in [5.74, 6) is -1.53. The molecule has 132 valence electrons. The van der Waals surface area contributed by atoms with E-state index in [2.05, 4.69) is 4.98 Å². The topological polar surface area (TPSA) is 33.2 Å². The van der Waals surface area contributed by atoms with E-state index in [4.69, 9.17) is 11.6 Å². The number of thioether (sulfide) groups is 1. The van der Waals surface area contributed by atoms with Crippen molar-refractivity contribution in [3.8, 4) is 0 Å². The number of benzene rings is 1. The second kappa shape index (κ2) is 6.49. The minimum Gasteiger partial charge on any atom is -0.279 e. The van der Waals surface area contributed by atoms with Gasteiger partial charge in [0.25, 0.3) is 0 Å². The lowest BCUT2D eigenvalue weighted by atomic mass is 10.0. The van der Waals surface area contributed by atoms with Gasteiger partial charge in [0.2, 0.25) is 5.91 Å². The van der Waals surface area contributed by atoms with Gasteiger partial charge in [0.05, 0.1) is 16.3 Å². The van der Waals surface area contributed by atoms with Gasteiger partial charge in [-0.2, -0.15) is 13.2 Å². The van der Waals surface area contributed by atoms with E-state index in [1.54, 1.807) is 19.1 Å². The standard InChI is InChI=1S/C16H11ClF4N2OS/c1-8-4-5-22-11(6-8)23-12(24)7-25-15(23)13-9(16(19,20)21)2-3-10(17)14(13)18/h2-6,15H,7H2,1H3. The minimum atomic E-state index is -4.78. The Morgan fingerprint density at radius 1 is 1.32 bits per heavy atom. The van der Waals surface area contributed by atoms with E-state index >= 15 is 0 Å². The number of pyridine rings is 1. The molecule has 25 heavy (non-hydrogen) atoms. The Kier molecular flexibility index (Phi) is 4.68. The van der Waals surface area contributed by atoms with Gasteiger partial charge in [0.1, 0.15) is 17.0 Å². The van der Waals surface area contributed by atoms with E-state index in [0.717, 1.165) is 34.4 Å². The highest BCUT2D eigenvalue weighted by molar-refractivity contribution is 8.00. The predicted octanol–water partition coefficient (Wildman–Crippen LogP) is 4.98. The second-order valence-electron chi connectivity index (χ2n) is 5.44. The molecule has 2 aromatic rings. The molecule has 1 amide bonds. The number of carbonyl (C=O) groups is 1. The number of aromatic nitrogens is 1. The van der Waals surface area contributed by atoms with Crippen LogP contribution in [0.5, 0.6) is 0 Å². The molecular weight excluding hydrogens is 380 g/mol. The molecule has 3 rings (SSSR count). The molecule has 0 N–H and O–H groups in total. The van der Waals surface area contributed by atoms with Crippen molar-refractivity contribution in [3.63, 3.8) is 0 Å². The number of halogens is 5. The fourth-order valence-corrected chi connectivity index (χ4v) is 3.97. The number of nitrogens with zero attached hydrogens (tertiary/aromatic N) is 2. The zero-order valence-corrected chi connectivity index (χ0v) is 14.3. The first-order chi connectivity index (χ1) is 11.7. The molecule has 0 radical (unpaired) electrons. The van der Waals surface area contributed by atoms with E-state index in [-0.39, 0.29) is 11.6 Å². The van der Waals surface area contributed by atoms with E-state index in [1.165, 1.54) is 6.20 Å². The number of carbonyl (C=O) groups excluding carboxylic acids is 1. The van der Waals surface area contributed by atoms with Crippen molar-refractivity contribution in [3.05, 3.63) is 58.0 Å². The van der Waals surface area contributed by atoms with Gasteiger partial charge in [-0.25, -0.2) is 9.37 Å². The van der Waals surface area contributed by atoms with Crippen LogP contribution in [-0.4, -0.2) is 16.6 Å². The molecule has 3 nitrogen and oxygen atoms in total. The first-order valence-corrected chi connectivity index (χ1v) is 8.54. The summed E-state index contributed by atoms with van der Waals surface area (Å²) in [5.41, 5.74) is -1.03. The summed E-state index contributed by atoms with van der Waals surface area (Å²) in [6.45, 7) is 1.76. The smallest absolute Gasteiger partial charge is 0.279 e. The molecule has 0 aliphatic carbocycles. The molecule has 1 aromatic heterocycles. The molecule has 1 aliphatic rings. The maximum atomic E-state index is 14.5. The molecular formula is C16H11ClF4N2OS. The Morgan fingerprint density at radius 2 is 2.04 bits per heavy atom. The first-order valence-electron chi connectivity index (χ1n) is 7.11. The van der Waals surface area contributed by atoms with Crippen LogP contribution < -0.4 is 4.90 Å². The van der Waals surface area contributed by atoms with Crippen molar-refractivity contribution in [1.82, 2.24) is 4.98 Å². The zero-order valence-electron chi connectivity index (χ0n) is 12.8. The maximum Gasteiger partial charge on any atom is 0.416 e. The molecule has 1 saturated heterocycles. The normalized spacial score (nSPS) is 18.1. The second-order valence-corrected chi connectivity index (χ2v) is 6.91. The van der Waals surface area contributed by atoms with Gasteiger partial charge in [-0.3, -0.25) is 9.69 Å². The molecule has 1 aromatic carbocycles. The summed E-state index contributed by atoms with van der Waals surface area (Å²) in [5, 5.41) is -1.63. The van der Waals surface area contributed by atoms with Crippen LogP contribution in [0.15, 0.2) is 30.5 Å². The lowest BCUT2D eigenvalue weighted by molar-refractivity contribution is -0.138. The highest BCUT2D eigenvalue weighted by atomic mass is 35.5. The van der Waals surface area contributed by atoms with Gasteiger partial charge < -0.3 is 0 Å². The number of alkyl halides is 3. The molecule has 1 aliphatic heterocycles. The van der Waals surface area contributed by atoms with Crippen LogP contribution in [0.25, 0.3) is 0 Å². The van der Waals surface area contributed by atoms with Gasteiger partial charge in [0, 0.05) is 11.8 Å². The number of anilines is 1. The van der Waals surface area contributed by atoms with Gasteiger partial charge in [-0.1, -0.05) is 11.6 Å². The maximum absolute atomic E-state index is 14.5. The van der Waals surface area contributed by atoms with Gasteiger partial charge in [-0.15, -0.1) is 11.8 Å². The van der Waals surface area contributed by atoms with Gasteiger partial charge in [-0.05, 0) is 36.8 Å². The van der Waals surface area contributed by atoms with Crippen molar-refractivity contribution in [2.45, 2.75) is 18.5 Å². The Balaban J connectivity index is 2.18. The van der Waals surface area contributed by atoms with Crippen LogP contribution in [0.4, 0.5) is 23.4 Å². The first kappa shape index (κ1) is 18.0. The van der Waals surface area contributed by atoms with Crippen LogP contribution in [0.2, 0.25) is 5.02 Å². The summed E-state index contributed by atoms with van der Waals surface area (Å²) in [4.78, 5) is 17.4. The van der Waals surface area contributed by atoms with Crippen molar-refractivity contribution >= 4 is 35.1 Å². The number of hydrogen-bond acceptors (Lipinski definition) is 3. The van der Waals surface area contributed by atoms with Crippen molar-refractivity contribution in [2.75, 3.05) is 10.7 Å². The summed E-state index contributed by atoms with van der Waals surface area (Å²) >= 11 is 6.60. The quantitative estimate of drug-likeness (QED) is 0.678. The fourth-order valence-electron chi connectivity index (χ4n) is 2.59. The van der Waals surface area contributed by atoms with Crippen LogP contribution in [0, 0.1) is 12.7 Å². The lowest BCUT2D eigenvalue weighted by Crippen LogP contribution is -2.30. The molecule has 2 heterocycles. The Labute approximate surface area is 150 Å². The van der Waals surface area contributed by atoms with E-state index < -0.39 is 39.4 Å². The molecule has 1 unspecified atom stereocenters. The summed E-state index contributed by atoms with van der Waals surface area (Å²) in [7, 11) is 0. The molecule has 1 atom stereocenters. The molecule has 9 heteroatoms. The van der Waals surface area contributed by atoms with Crippen LogP contribution >= 0.6 is 23.4 Å². The average molecular weight is 391 g/mol. The molecule has 0 spiro atoms. The predicted molar refractivity (Wildman–Crippen MR) is 88.1 cm³/mol. The van der Waals surface area contributed by atoms with Crippen LogP contribution in [0.1, 0.15) is 22.1 Å². The summed E-state index contributed by atoms with van der Waals surface area (Å²) in [6.07, 6.45) is -3.34. The number of aryl methyl sites for hydroxylation is 1. The Morgan fingerprint density at radius 3 is 2.68 bits per heavy atom. The van der Waals surface area contributed by atoms with Gasteiger partial charge >= 0.3 is 6.18 Å². The molecule has 1 fully saturated rings.